The van der Waals surface area contributed by atoms with Gasteiger partial charge in [-0.1, -0.05) is 182 Å². The molecule has 57 heavy (non-hydrogen) atoms. The Balaban J connectivity index is 1.15. The molecule has 7 aromatic carbocycles. The minimum absolute atomic E-state index is 0.593. The number of nitrogens with zero attached hydrogens (tertiary/aromatic N) is 5. The van der Waals surface area contributed by atoms with Crippen LogP contribution in [0.25, 0.3) is 95.7 Å². The maximum Gasteiger partial charge on any atom is 0.164 e. The zero-order valence-electron chi connectivity index (χ0n) is 30.9. The number of benzene rings is 7. The van der Waals surface area contributed by atoms with Gasteiger partial charge in [0.2, 0.25) is 0 Å². The highest BCUT2D eigenvalue weighted by molar-refractivity contribution is 5.92. The SMILES string of the molecule is c1ccc(-c2nc(-c3cccc(-c4ccccc4-c4ccccc4)c3)nc(-c3ccc(-c4nc5ccccn5c4-c4ccccc4)c(-c4ccccc4)c3)n2)cc1. The van der Waals surface area contributed by atoms with E-state index in [9.17, 15) is 0 Å². The van der Waals surface area contributed by atoms with E-state index in [1.54, 1.807) is 0 Å². The minimum Gasteiger partial charge on any atom is -0.299 e. The summed E-state index contributed by atoms with van der Waals surface area (Å²) in [6.07, 6.45) is 2.08. The van der Waals surface area contributed by atoms with E-state index in [2.05, 4.69) is 156 Å². The molecule has 0 saturated heterocycles. The number of hydrogen-bond donors (Lipinski definition) is 0. The molecule has 0 radical (unpaired) electrons. The summed E-state index contributed by atoms with van der Waals surface area (Å²) in [5, 5.41) is 0. The molecular formula is C52H35N5. The summed E-state index contributed by atoms with van der Waals surface area (Å²) in [5.41, 5.74) is 14.4. The van der Waals surface area contributed by atoms with E-state index in [-0.39, 0.29) is 0 Å². The lowest BCUT2D eigenvalue weighted by molar-refractivity contribution is 1.07. The Bertz CT molecular complexity index is 2990. The van der Waals surface area contributed by atoms with E-state index in [1.807, 2.05) is 60.7 Å². The van der Waals surface area contributed by atoms with Crippen LogP contribution in [0.5, 0.6) is 0 Å². The standard InChI is InChI=1S/C52H35N5/c1-5-18-36(19-6-1)43-28-13-14-29-44(43)40-26-17-27-41(34-40)51-54-50(39-24-11-4-12-25-39)55-52(56-51)42-31-32-45(46(35-42)37-20-7-2-8-21-37)48-49(38-22-9-3-10-23-38)57-33-16-15-30-47(57)53-48/h1-35H. The van der Waals surface area contributed by atoms with E-state index in [4.69, 9.17) is 19.9 Å². The number of pyridine rings is 1. The van der Waals surface area contributed by atoms with E-state index >= 15 is 0 Å². The molecular weight excluding hydrogens is 695 g/mol. The Morgan fingerprint density at radius 3 is 1.40 bits per heavy atom. The predicted octanol–water partition coefficient (Wildman–Crippen LogP) is 12.9. The first-order chi connectivity index (χ1) is 28.3. The molecule has 3 aromatic heterocycles. The lowest BCUT2D eigenvalue weighted by Crippen LogP contribution is -2.01. The largest absolute Gasteiger partial charge is 0.299 e. The van der Waals surface area contributed by atoms with Crippen LogP contribution < -0.4 is 0 Å². The first-order valence-electron chi connectivity index (χ1n) is 19.1. The minimum atomic E-state index is 0.593. The fourth-order valence-electron chi connectivity index (χ4n) is 7.58. The second kappa shape index (κ2) is 14.8. The zero-order valence-corrected chi connectivity index (χ0v) is 30.9. The van der Waals surface area contributed by atoms with Crippen molar-refractivity contribution in [1.82, 2.24) is 24.3 Å². The number of aromatic nitrogens is 5. The van der Waals surface area contributed by atoms with Crippen LogP contribution in [0.4, 0.5) is 0 Å². The average Bonchev–Trinajstić information content (AvgIpc) is 3.69. The second-order valence-electron chi connectivity index (χ2n) is 13.9. The zero-order chi connectivity index (χ0) is 38.0. The average molecular weight is 730 g/mol. The van der Waals surface area contributed by atoms with Crippen molar-refractivity contribution in [3.8, 4) is 90.1 Å². The molecule has 0 aliphatic rings. The second-order valence-corrected chi connectivity index (χ2v) is 13.9. The topological polar surface area (TPSA) is 56.0 Å². The van der Waals surface area contributed by atoms with Crippen LogP contribution in [0.15, 0.2) is 212 Å². The number of rotatable bonds is 8. The van der Waals surface area contributed by atoms with Crippen molar-refractivity contribution >= 4 is 5.65 Å². The molecule has 0 aliphatic carbocycles. The highest BCUT2D eigenvalue weighted by Crippen LogP contribution is 2.41. The molecule has 0 aliphatic heterocycles. The smallest absolute Gasteiger partial charge is 0.164 e. The molecule has 0 spiro atoms. The highest BCUT2D eigenvalue weighted by Gasteiger charge is 2.21. The van der Waals surface area contributed by atoms with Gasteiger partial charge in [0.25, 0.3) is 0 Å². The summed E-state index contributed by atoms with van der Waals surface area (Å²) in [6.45, 7) is 0. The summed E-state index contributed by atoms with van der Waals surface area (Å²) in [7, 11) is 0. The van der Waals surface area contributed by atoms with Gasteiger partial charge in [-0.15, -0.1) is 0 Å². The van der Waals surface area contributed by atoms with E-state index in [0.29, 0.717) is 17.5 Å². The fraction of sp³-hybridized carbons (Fsp3) is 0. The van der Waals surface area contributed by atoms with Gasteiger partial charge in [-0.2, -0.15) is 0 Å². The molecule has 268 valence electrons. The van der Waals surface area contributed by atoms with Crippen molar-refractivity contribution in [2.75, 3.05) is 0 Å². The van der Waals surface area contributed by atoms with E-state index in [0.717, 1.165) is 67.1 Å². The van der Waals surface area contributed by atoms with Gasteiger partial charge in [0.1, 0.15) is 5.65 Å². The van der Waals surface area contributed by atoms with Gasteiger partial charge < -0.3 is 0 Å². The number of imidazole rings is 1. The monoisotopic (exact) mass is 729 g/mol. The molecule has 0 N–H and O–H groups in total. The van der Waals surface area contributed by atoms with Crippen LogP contribution in [0.1, 0.15) is 0 Å². The maximum absolute atomic E-state index is 5.24. The third-order valence-electron chi connectivity index (χ3n) is 10.3. The highest BCUT2D eigenvalue weighted by atomic mass is 15.0. The molecule has 0 fully saturated rings. The van der Waals surface area contributed by atoms with E-state index < -0.39 is 0 Å². The molecule has 5 heteroatoms. The molecule has 10 rings (SSSR count). The first kappa shape index (κ1) is 33.8. The van der Waals surface area contributed by atoms with Crippen LogP contribution >= 0.6 is 0 Å². The first-order valence-corrected chi connectivity index (χ1v) is 19.1. The van der Waals surface area contributed by atoms with Gasteiger partial charge in [-0.25, -0.2) is 19.9 Å². The van der Waals surface area contributed by atoms with Crippen LogP contribution in [0.3, 0.4) is 0 Å². The summed E-state index contributed by atoms with van der Waals surface area (Å²) >= 11 is 0. The summed E-state index contributed by atoms with van der Waals surface area (Å²) < 4.78 is 2.17. The number of hydrogen-bond acceptors (Lipinski definition) is 4. The van der Waals surface area contributed by atoms with Crippen LogP contribution in [0, 0.1) is 0 Å². The van der Waals surface area contributed by atoms with Crippen molar-refractivity contribution in [1.29, 1.82) is 0 Å². The summed E-state index contributed by atoms with van der Waals surface area (Å²) in [6, 6.07) is 71.2. The molecule has 0 unspecified atom stereocenters. The number of fused-ring (bicyclic) bond motifs is 1. The maximum atomic E-state index is 5.24. The fourth-order valence-corrected chi connectivity index (χ4v) is 7.58. The lowest BCUT2D eigenvalue weighted by atomic mass is 9.93. The Labute approximate surface area is 331 Å². The van der Waals surface area contributed by atoms with Crippen LogP contribution in [0.2, 0.25) is 0 Å². The quantitative estimate of drug-likeness (QED) is 0.156. The van der Waals surface area contributed by atoms with E-state index in [1.165, 1.54) is 11.1 Å². The van der Waals surface area contributed by atoms with Crippen molar-refractivity contribution in [3.05, 3.63) is 212 Å². The van der Waals surface area contributed by atoms with Crippen LogP contribution in [-0.2, 0) is 0 Å². The molecule has 0 saturated carbocycles. The molecule has 0 atom stereocenters. The summed E-state index contributed by atoms with van der Waals surface area (Å²) in [4.78, 5) is 20.7. The Morgan fingerprint density at radius 2 is 0.754 bits per heavy atom. The van der Waals surface area contributed by atoms with Gasteiger partial charge in [-0.05, 0) is 57.6 Å². The Kier molecular flexibility index (Phi) is 8.78. The van der Waals surface area contributed by atoms with Gasteiger partial charge in [0.05, 0.1) is 11.4 Å². The molecule has 0 bridgehead atoms. The molecule has 10 aromatic rings. The van der Waals surface area contributed by atoms with Gasteiger partial charge in [0, 0.05) is 34.0 Å². The van der Waals surface area contributed by atoms with Gasteiger partial charge in [-0.3, -0.25) is 4.40 Å². The van der Waals surface area contributed by atoms with Crippen molar-refractivity contribution in [3.63, 3.8) is 0 Å². The van der Waals surface area contributed by atoms with Crippen molar-refractivity contribution < 1.29 is 0 Å². The third-order valence-corrected chi connectivity index (χ3v) is 10.3. The van der Waals surface area contributed by atoms with Gasteiger partial charge in [0.15, 0.2) is 17.5 Å². The molecule has 5 nitrogen and oxygen atoms in total. The lowest BCUT2D eigenvalue weighted by Gasteiger charge is -2.14. The van der Waals surface area contributed by atoms with Crippen molar-refractivity contribution in [2.45, 2.75) is 0 Å². The Morgan fingerprint density at radius 1 is 0.281 bits per heavy atom. The van der Waals surface area contributed by atoms with Crippen molar-refractivity contribution in [2.24, 2.45) is 0 Å². The van der Waals surface area contributed by atoms with Crippen LogP contribution in [-0.4, -0.2) is 24.3 Å². The van der Waals surface area contributed by atoms with Gasteiger partial charge >= 0.3 is 0 Å². The normalized spacial score (nSPS) is 11.2. The Hall–Kier alpha value is -7.76. The third kappa shape index (κ3) is 6.58. The molecule has 3 heterocycles. The summed E-state index contributed by atoms with van der Waals surface area (Å²) in [5.74, 6) is 1.81. The predicted molar refractivity (Wildman–Crippen MR) is 232 cm³/mol. The molecule has 0 amide bonds.